The summed E-state index contributed by atoms with van der Waals surface area (Å²) in [7, 11) is 1.49. The number of rotatable bonds is 7. The molecule has 0 unspecified atom stereocenters. The monoisotopic (exact) mass is 976 g/mol. The maximum absolute atomic E-state index is 17.6. The molecule has 4 fully saturated rings. The average molecular weight is 976 g/mol. The number of ether oxygens (including phenoxy) is 5. The number of hydrogen-bond donors (Lipinski definition) is 0. The van der Waals surface area contributed by atoms with E-state index in [2.05, 4.69) is 19.2 Å². The molecule has 5 atom stereocenters. The van der Waals surface area contributed by atoms with Gasteiger partial charge in [0.2, 0.25) is 0 Å². The van der Waals surface area contributed by atoms with E-state index in [0.717, 1.165) is 25.8 Å². The van der Waals surface area contributed by atoms with Crippen LogP contribution in [0.15, 0.2) is 24.3 Å². The Hall–Kier alpha value is -4.15. The summed E-state index contributed by atoms with van der Waals surface area (Å²) in [6, 6.07) is 5.26. The summed E-state index contributed by atoms with van der Waals surface area (Å²) < 4.78 is 80.7. The minimum absolute atomic E-state index is 0.0674. The van der Waals surface area contributed by atoms with E-state index in [1.54, 1.807) is 18.2 Å². The van der Waals surface area contributed by atoms with Crippen LogP contribution < -0.4 is 19.1 Å². The van der Waals surface area contributed by atoms with Crippen LogP contribution in [0, 0.1) is 21.0 Å². The molecule has 12 nitrogen and oxygen atoms in total. The van der Waals surface area contributed by atoms with Crippen LogP contribution in [0.5, 0.6) is 17.6 Å². The van der Waals surface area contributed by atoms with Crippen LogP contribution in [0.4, 0.5) is 23.8 Å². The summed E-state index contributed by atoms with van der Waals surface area (Å²) in [6.07, 6.45) is 2.11. The first-order valence-corrected chi connectivity index (χ1v) is 21.6. The van der Waals surface area contributed by atoms with Crippen molar-refractivity contribution in [2.45, 2.75) is 88.3 Å². The number of benzene rings is 2. The van der Waals surface area contributed by atoms with Gasteiger partial charge in [-0.3, -0.25) is 9.80 Å². The van der Waals surface area contributed by atoms with Gasteiger partial charge >= 0.3 is 232 Å². The van der Waals surface area contributed by atoms with Gasteiger partial charge in [-0.05, 0) is 53.0 Å². The molecule has 1 amide bonds. The average Bonchev–Trinajstić information content (AvgIpc) is 3.78. The second kappa shape index (κ2) is 14.6. The topological polar surface area (TPSA) is 112 Å². The van der Waals surface area contributed by atoms with Gasteiger partial charge < -0.3 is 4.74 Å². The number of amides is 1. The molecule has 0 saturated carbocycles. The molecule has 2 aromatic heterocycles. The molecule has 16 heteroatoms. The number of halogens is 3. The van der Waals surface area contributed by atoms with Crippen molar-refractivity contribution in [3.05, 3.63) is 41.5 Å². The predicted molar refractivity (Wildman–Crippen MR) is 205 cm³/mol. The van der Waals surface area contributed by atoms with E-state index in [-0.39, 0.29) is 97.5 Å². The Labute approximate surface area is 344 Å². The fourth-order valence-electron chi connectivity index (χ4n) is 9.56. The normalized spacial score (nSPS) is 25.1. The van der Waals surface area contributed by atoms with E-state index in [4.69, 9.17) is 38.6 Å². The van der Waals surface area contributed by atoms with Crippen LogP contribution in [0.2, 0.25) is 0 Å². The van der Waals surface area contributed by atoms with Crippen molar-refractivity contribution < 1.29 is 41.7 Å². The van der Waals surface area contributed by atoms with Gasteiger partial charge in [-0.25, -0.2) is 9.18 Å². The molecule has 4 saturated heterocycles. The molecule has 7 heterocycles. The summed E-state index contributed by atoms with van der Waals surface area (Å²) in [4.78, 5) is 34.1. The van der Waals surface area contributed by atoms with Gasteiger partial charge in [-0.1, -0.05) is 0 Å². The quantitative estimate of drug-likeness (QED) is 0.126. The van der Waals surface area contributed by atoms with Gasteiger partial charge in [-0.2, -0.15) is 0 Å². The van der Waals surface area contributed by atoms with Crippen LogP contribution >= 0.6 is 0 Å². The third-order valence-corrected chi connectivity index (χ3v) is 12.4. The molecule has 57 heavy (non-hydrogen) atoms. The molecule has 4 aromatic rings. The predicted octanol–water partition coefficient (Wildman–Crippen LogP) is 5.89. The molecule has 9 rings (SSSR count). The summed E-state index contributed by atoms with van der Waals surface area (Å²) in [5, 5.41) is 1.17. The molecule has 5 aliphatic heterocycles. The number of methoxy groups -OCH3 is 1. The fourth-order valence-corrected chi connectivity index (χ4v) is 10.1. The molecule has 2 bridgehead atoms. The van der Waals surface area contributed by atoms with E-state index in [1.807, 2.05) is 25.7 Å². The number of nitrogens with zero attached hydrogens (tertiary/aromatic N) is 6. The number of anilines is 1. The first-order chi connectivity index (χ1) is 27.4. The van der Waals surface area contributed by atoms with Gasteiger partial charge in [0.15, 0.2) is 0 Å². The second-order valence-electron chi connectivity index (χ2n) is 16.5. The van der Waals surface area contributed by atoms with E-state index in [0.29, 0.717) is 48.3 Å². The Kier molecular flexibility index (Phi) is 9.83. The third kappa shape index (κ3) is 6.68. The molecule has 5 aliphatic rings. The van der Waals surface area contributed by atoms with Crippen molar-refractivity contribution >= 4 is 59.4 Å². The van der Waals surface area contributed by atoms with Crippen LogP contribution in [-0.4, -0.2) is 139 Å². The molecule has 2 aromatic carbocycles. The zero-order valence-electron chi connectivity index (χ0n) is 32.2. The van der Waals surface area contributed by atoms with Crippen molar-refractivity contribution in [2.24, 2.45) is 0 Å². The Morgan fingerprint density at radius 2 is 1.93 bits per heavy atom. The van der Waals surface area contributed by atoms with Gasteiger partial charge in [0.25, 0.3) is 0 Å². The first-order valence-electron chi connectivity index (χ1n) is 19.3. The number of carbonyl (C=O) groups excluding carboxylic acids is 1. The Bertz CT molecular complexity index is 2350. The second-order valence-corrected chi connectivity index (χ2v) is 17.6. The number of carbonyl (C=O) groups is 1. The third-order valence-electron chi connectivity index (χ3n) is 11.8. The van der Waals surface area contributed by atoms with Crippen LogP contribution in [0.3, 0.4) is 0 Å². The van der Waals surface area contributed by atoms with Gasteiger partial charge in [-0.15, -0.1) is 0 Å². The van der Waals surface area contributed by atoms with Crippen molar-refractivity contribution in [3.63, 3.8) is 0 Å². The number of aromatic nitrogens is 3. The van der Waals surface area contributed by atoms with Crippen molar-refractivity contribution in [1.29, 1.82) is 0 Å². The molecule has 0 aliphatic carbocycles. The summed E-state index contributed by atoms with van der Waals surface area (Å²) in [5.74, 6) is 2.38. The van der Waals surface area contributed by atoms with Crippen molar-refractivity contribution in [1.82, 2.24) is 24.8 Å². The molecular weight excluding hydrogens is 934 g/mol. The first kappa shape index (κ1) is 38.4. The van der Waals surface area contributed by atoms with Gasteiger partial charge in [0, 0.05) is 13.0 Å². The standard InChI is InChI=1S/C41H42F3N6O6.Tl/c1-6-26-28(43)10-8-22-14-25(55-21-52-5)15-27(31(22)26)34-33(44)35-32-36(47-38(46-35)54-20-41-12-7-13-48(41)17-23(42)16-41)49-18-24-9-11-29(30(49)19-53-37(32)45-34)50(24)39(51)56-40(2,3)4;/h8,10,14-15,23-24,29-30H,7,9,11-13,16-21H2,2-5H3;/t23-,24-,29+,30-,41-;/m0./s1. The van der Waals surface area contributed by atoms with Crippen molar-refractivity contribution in [3.8, 4) is 38.3 Å². The Morgan fingerprint density at radius 1 is 1.09 bits per heavy atom. The minimum atomic E-state index is -0.965. The fraction of sp³-hybridized carbons (Fsp3) is 0.512. The Morgan fingerprint density at radius 3 is 2.72 bits per heavy atom. The molecular formula is C41H42F3N6O6Tl. The van der Waals surface area contributed by atoms with Gasteiger partial charge in [0.05, 0.1) is 11.6 Å². The number of piperazine rings is 1. The van der Waals surface area contributed by atoms with Crippen molar-refractivity contribution in [2.75, 3.05) is 51.7 Å². The number of alkyl halides is 1. The molecule has 0 radical (unpaired) electrons. The zero-order chi connectivity index (χ0) is 39.8. The van der Waals surface area contributed by atoms with Crippen LogP contribution in [-0.2, 0) is 9.47 Å². The summed E-state index contributed by atoms with van der Waals surface area (Å²) in [6.45, 7) is 7.17. The van der Waals surface area contributed by atoms with Gasteiger partial charge in [0.1, 0.15) is 11.8 Å². The number of hydrogen-bond acceptors (Lipinski definition) is 11. The van der Waals surface area contributed by atoms with Crippen LogP contribution in [0.1, 0.15) is 58.4 Å². The molecule has 0 spiro atoms. The Balaban J connectivity index is 1.22. The van der Waals surface area contributed by atoms with E-state index < -0.39 is 41.1 Å². The molecule has 296 valence electrons. The molecule has 0 N–H and O–H groups in total. The SMILES string of the molecule is COCOc1cc(-c2nc3c4c(nc(OC[C@@]56CCCN5C[C@@H](F)C6)nc4c2F)N2C[C@@H]4CC[C@H]([C@@H]2CO3)N4C(=O)OC(C)(C)C)c2c(C#[C][Tl])c(F)ccc2c1. The zero-order valence-corrected chi connectivity index (χ0v) is 36.7. The van der Waals surface area contributed by atoms with E-state index >= 15 is 8.78 Å². The van der Waals surface area contributed by atoms with E-state index in [9.17, 15) is 9.18 Å². The van der Waals surface area contributed by atoms with E-state index in [1.165, 1.54) is 13.2 Å². The maximum atomic E-state index is 17.6. The summed E-state index contributed by atoms with van der Waals surface area (Å²) in [5.41, 5.74) is -1.11. The van der Waals surface area contributed by atoms with Crippen LogP contribution in [0.25, 0.3) is 32.9 Å². The number of fused-ring (bicyclic) bond motifs is 7. The number of pyridine rings is 1. The summed E-state index contributed by atoms with van der Waals surface area (Å²) >= 11 is 0.263.